The number of likely N-dealkylation sites (N-methyl/N-ethyl adjacent to an activating group) is 1. The number of imidazole rings is 1. The van der Waals surface area contributed by atoms with Crippen LogP contribution in [0.3, 0.4) is 0 Å². The SMILES string of the molecule is CNC(=O)[C@H](C)NC(=O)c1nc(Br)n2c1CN(C(=O)OC(C)(C)C)CC2. The first-order valence-electron chi connectivity index (χ1n) is 8.28. The van der Waals surface area contributed by atoms with Gasteiger partial charge in [0.1, 0.15) is 11.6 Å². The fourth-order valence-electron chi connectivity index (χ4n) is 2.54. The Morgan fingerprint density at radius 3 is 2.50 bits per heavy atom. The highest BCUT2D eigenvalue weighted by Crippen LogP contribution is 2.24. The molecular weight excluding hydrogens is 406 g/mol. The van der Waals surface area contributed by atoms with E-state index in [9.17, 15) is 14.4 Å². The summed E-state index contributed by atoms with van der Waals surface area (Å²) >= 11 is 3.34. The molecule has 1 atom stereocenters. The summed E-state index contributed by atoms with van der Waals surface area (Å²) in [5, 5.41) is 5.09. The number of halogens is 1. The van der Waals surface area contributed by atoms with E-state index in [0.29, 0.717) is 23.5 Å². The van der Waals surface area contributed by atoms with E-state index in [0.717, 1.165) is 0 Å². The smallest absolute Gasteiger partial charge is 0.410 e. The summed E-state index contributed by atoms with van der Waals surface area (Å²) in [6.07, 6.45) is -0.439. The van der Waals surface area contributed by atoms with Crippen molar-refractivity contribution in [3.8, 4) is 0 Å². The molecule has 0 spiro atoms. The van der Waals surface area contributed by atoms with Crippen LogP contribution in [0.5, 0.6) is 0 Å². The zero-order valence-corrected chi connectivity index (χ0v) is 17.1. The Bertz CT molecular complexity index is 725. The lowest BCUT2D eigenvalue weighted by Gasteiger charge is -2.31. The molecule has 1 aliphatic rings. The Morgan fingerprint density at radius 2 is 1.92 bits per heavy atom. The van der Waals surface area contributed by atoms with Crippen LogP contribution in [0.1, 0.15) is 43.9 Å². The van der Waals surface area contributed by atoms with Gasteiger partial charge in [-0.05, 0) is 43.6 Å². The van der Waals surface area contributed by atoms with Crippen LogP contribution in [0, 0.1) is 0 Å². The van der Waals surface area contributed by atoms with E-state index in [1.165, 1.54) is 11.9 Å². The normalized spacial score (nSPS) is 15.1. The third-order valence-electron chi connectivity index (χ3n) is 3.81. The lowest BCUT2D eigenvalue weighted by atomic mass is 10.2. The molecule has 9 nitrogen and oxygen atoms in total. The number of hydrogen-bond acceptors (Lipinski definition) is 5. The van der Waals surface area contributed by atoms with Crippen LogP contribution < -0.4 is 10.6 Å². The van der Waals surface area contributed by atoms with Gasteiger partial charge in [0, 0.05) is 20.1 Å². The summed E-state index contributed by atoms with van der Waals surface area (Å²) < 4.78 is 7.74. The van der Waals surface area contributed by atoms with Crippen LogP contribution in [-0.4, -0.2) is 57.6 Å². The van der Waals surface area contributed by atoms with Crippen LogP contribution in [0.25, 0.3) is 0 Å². The molecule has 3 amide bonds. The maximum Gasteiger partial charge on any atom is 0.410 e. The second-order valence-electron chi connectivity index (χ2n) is 7.04. The minimum absolute atomic E-state index is 0.181. The third-order valence-corrected chi connectivity index (χ3v) is 4.42. The quantitative estimate of drug-likeness (QED) is 0.751. The summed E-state index contributed by atoms with van der Waals surface area (Å²) in [5.74, 6) is -0.775. The molecule has 0 aromatic carbocycles. The van der Waals surface area contributed by atoms with Crippen LogP contribution in [0.4, 0.5) is 4.79 Å². The van der Waals surface area contributed by atoms with E-state index >= 15 is 0 Å². The number of carbonyl (C=O) groups excluding carboxylic acids is 3. The van der Waals surface area contributed by atoms with E-state index < -0.39 is 23.6 Å². The minimum atomic E-state index is -0.700. The van der Waals surface area contributed by atoms with Crippen molar-refractivity contribution in [1.82, 2.24) is 25.1 Å². The topological polar surface area (TPSA) is 106 Å². The molecule has 0 radical (unpaired) electrons. The van der Waals surface area contributed by atoms with Crippen molar-refractivity contribution in [3.05, 3.63) is 16.1 Å². The second-order valence-corrected chi connectivity index (χ2v) is 7.75. The molecule has 0 aliphatic carbocycles. The molecule has 0 saturated heterocycles. The highest BCUT2D eigenvalue weighted by Gasteiger charge is 2.31. The number of rotatable bonds is 3. The summed E-state index contributed by atoms with van der Waals surface area (Å²) in [5.41, 5.74) is 0.176. The number of ether oxygens (including phenoxy) is 1. The summed E-state index contributed by atoms with van der Waals surface area (Å²) in [7, 11) is 1.50. The molecule has 0 fully saturated rings. The number of aromatic nitrogens is 2. The van der Waals surface area contributed by atoms with Crippen molar-refractivity contribution in [1.29, 1.82) is 0 Å². The molecular formula is C16H24BrN5O4. The average Bonchev–Trinajstić information content (AvgIpc) is 2.89. The van der Waals surface area contributed by atoms with Crippen LogP contribution >= 0.6 is 15.9 Å². The van der Waals surface area contributed by atoms with E-state index in [4.69, 9.17) is 4.74 Å². The van der Waals surface area contributed by atoms with Crippen molar-refractivity contribution in [3.63, 3.8) is 0 Å². The number of nitrogens with one attached hydrogen (secondary N) is 2. The maximum absolute atomic E-state index is 12.5. The summed E-state index contributed by atoms with van der Waals surface area (Å²) in [6.45, 7) is 8.12. The van der Waals surface area contributed by atoms with Gasteiger partial charge in [-0.15, -0.1) is 0 Å². The predicted octanol–water partition coefficient (Wildman–Crippen LogP) is 1.26. The molecule has 144 valence electrons. The van der Waals surface area contributed by atoms with Gasteiger partial charge in [0.05, 0.1) is 12.2 Å². The van der Waals surface area contributed by atoms with E-state index in [1.54, 1.807) is 27.7 Å². The van der Waals surface area contributed by atoms with E-state index in [1.807, 2.05) is 4.57 Å². The minimum Gasteiger partial charge on any atom is -0.444 e. The summed E-state index contributed by atoms with van der Waals surface area (Å²) in [6, 6.07) is -0.700. The number of hydrogen-bond donors (Lipinski definition) is 2. The molecule has 1 aliphatic heterocycles. The largest absolute Gasteiger partial charge is 0.444 e. The number of amides is 3. The zero-order chi connectivity index (χ0) is 19.6. The Kier molecular flexibility index (Phi) is 5.94. The van der Waals surface area contributed by atoms with Crippen LogP contribution in [0.15, 0.2) is 4.73 Å². The lowest BCUT2D eigenvalue weighted by molar-refractivity contribution is -0.122. The molecule has 1 aromatic rings. The van der Waals surface area contributed by atoms with Crippen molar-refractivity contribution in [2.75, 3.05) is 13.6 Å². The second kappa shape index (κ2) is 7.65. The van der Waals surface area contributed by atoms with Gasteiger partial charge in [0.15, 0.2) is 10.4 Å². The predicted molar refractivity (Wildman–Crippen MR) is 97.6 cm³/mol. The molecule has 10 heteroatoms. The third kappa shape index (κ3) is 4.54. The number of carbonyl (C=O) groups is 3. The number of nitrogens with zero attached hydrogens (tertiary/aromatic N) is 3. The van der Waals surface area contributed by atoms with Crippen molar-refractivity contribution < 1.29 is 19.1 Å². The first-order valence-corrected chi connectivity index (χ1v) is 9.08. The van der Waals surface area contributed by atoms with Crippen molar-refractivity contribution >= 4 is 33.8 Å². The van der Waals surface area contributed by atoms with Gasteiger partial charge in [-0.1, -0.05) is 0 Å². The highest BCUT2D eigenvalue weighted by molar-refractivity contribution is 9.10. The molecule has 1 aromatic heterocycles. The Labute approximate surface area is 160 Å². The molecule has 0 saturated carbocycles. The summed E-state index contributed by atoms with van der Waals surface area (Å²) in [4.78, 5) is 42.3. The fourth-order valence-corrected chi connectivity index (χ4v) is 3.10. The lowest BCUT2D eigenvalue weighted by Crippen LogP contribution is -2.45. The average molecular weight is 430 g/mol. The van der Waals surface area contributed by atoms with Gasteiger partial charge in [0.25, 0.3) is 5.91 Å². The van der Waals surface area contributed by atoms with Gasteiger partial charge in [-0.3, -0.25) is 9.59 Å². The van der Waals surface area contributed by atoms with E-state index in [2.05, 4.69) is 31.5 Å². The fraction of sp³-hybridized carbons (Fsp3) is 0.625. The van der Waals surface area contributed by atoms with Gasteiger partial charge in [-0.2, -0.15) is 0 Å². The first kappa shape index (κ1) is 20.2. The molecule has 2 rings (SSSR count). The monoisotopic (exact) mass is 429 g/mol. The van der Waals surface area contributed by atoms with Gasteiger partial charge in [0.2, 0.25) is 5.91 Å². The molecule has 26 heavy (non-hydrogen) atoms. The number of fused-ring (bicyclic) bond motifs is 1. The molecule has 0 bridgehead atoms. The zero-order valence-electron chi connectivity index (χ0n) is 15.6. The van der Waals surface area contributed by atoms with Crippen molar-refractivity contribution in [2.24, 2.45) is 0 Å². The standard InChI is InChI=1S/C16H24BrN5O4/c1-9(12(23)18-5)19-13(24)11-10-8-21(15(25)26-16(2,3)4)6-7-22(10)14(17)20-11/h9H,6-8H2,1-5H3,(H,18,23)(H,19,24)/t9-/m0/s1. The Hall–Kier alpha value is -2.10. The van der Waals surface area contributed by atoms with Gasteiger partial charge in [-0.25, -0.2) is 9.78 Å². The Morgan fingerprint density at radius 1 is 1.27 bits per heavy atom. The van der Waals surface area contributed by atoms with Crippen molar-refractivity contribution in [2.45, 2.75) is 52.4 Å². The molecule has 2 N–H and O–H groups in total. The first-order chi connectivity index (χ1) is 12.0. The van der Waals surface area contributed by atoms with E-state index in [-0.39, 0.29) is 18.1 Å². The van der Waals surface area contributed by atoms with Crippen LogP contribution in [0.2, 0.25) is 0 Å². The molecule has 2 heterocycles. The highest BCUT2D eigenvalue weighted by atomic mass is 79.9. The molecule has 0 unspecified atom stereocenters. The van der Waals surface area contributed by atoms with Gasteiger partial charge < -0.3 is 24.8 Å². The maximum atomic E-state index is 12.5. The Balaban J connectivity index is 2.20. The van der Waals surface area contributed by atoms with Gasteiger partial charge >= 0.3 is 6.09 Å². The van der Waals surface area contributed by atoms with Crippen LogP contribution in [-0.2, 0) is 22.6 Å².